The fourth-order valence-corrected chi connectivity index (χ4v) is 2.47. The predicted molar refractivity (Wildman–Crippen MR) is 91.6 cm³/mol. The van der Waals surface area contributed by atoms with Crippen LogP contribution in [0.25, 0.3) is 11.5 Å². The van der Waals surface area contributed by atoms with E-state index in [4.69, 9.17) is 16.0 Å². The number of carbonyl (C=O) groups is 1. The highest BCUT2D eigenvalue weighted by molar-refractivity contribution is 6.33. The van der Waals surface area contributed by atoms with E-state index < -0.39 is 0 Å². The lowest BCUT2D eigenvalue weighted by Crippen LogP contribution is -2.27. The summed E-state index contributed by atoms with van der Waals surface area (Å²) in [5, 5.41) is 11.2. The van der Waals surface area contributed by atoms with Gasteiger partial charge in [-0.3, -0.25) is 4.79 Å². The zero-order valence-corrected chi connectivity index (χ0v) is 14.0. The Kier molecular flexibility index (Phi) is 5.40. The van der Waals surface area contributed by atoms with E-state index >= 15 is 0 Å². The molecule has 0 radical (unpaired) electrons. The first-order valence-electron chi connectivity index (χ1n) is 7.70. The van der Waals surface area contributed by atoms with Crippen LogP contribution in [-0.2, 0) is 17.6 Å². The van der Waals surface area contributed by atoms with Crippen molar-refractivity contribution < 1.29 is 13.6 Å². The largest absolute Gasteiger partial charge is 0.421 e. The van der Waals surface area contributed by atoms with Crippen LogP contribution in [0.2, 0.25) is 5.02 Å². The van der Waals surface area contributed by atoms with Gasteiger partial charge in [-0.15, -0.1) is 10.2 Å². The quantitative estimate of drug-likeness (QED) is 0.732. The van der Waals surface area contributed by atoms with Crippen LogP contribution in [0.15, 0.2) is 52.9 Å². The third-order valence-electron chi connectivity index (χ3n) is 3.51. The van der Waals surface area contributed by atoms with Crippen LogP contribution in [0.4, 0.5) is 4.39 Å². The Morgan fingerprint density at radius 1 is 1.12 bits per heavy atom. The number of rotatable bonds is 6. The van der Waals surface area contributed by atoms with Gasteiger partial charge in [0.15, 0.2) is 0 Å². The molecule has 0 aliphatic heterocycles. The van der Waals surface area contributed by atoms with Crippen molar-refractivity contribution in [3.05, 3.63) is 70.8 Å². The number of benzene rings is 2. The first kappa shape index (κ1) is 17.1. The highest BCUT2D eigenvalue weighted by Crippen LogP contribution is 2.26. The molecule has 1 amide bonds. The molecule has 25 heavy (non-hydrogen) atoms. The molecule has 0 atom stereocenters. The molecule has 3 aromatic rings. The molecule has 0 aliphatic carbocycles. The van der Waals surface area contributed by atoms with Gasteiger partial charge in [-0.2, -0.15) is 0 Å². The summed E-state index contributed by atoms with van der Waals surface area (Å²) in [5.74, 6) is 0.280. The second kappa shape index (κ2) is 7.90. The summed E-state index contributed by atoms with van der Waals surface area (Å²) in [7, 11) is 0. The number of nitrogens with zero attached hydrogens (tertiary/aromatic N) is 2. The predicted octanol–water partition coefficient (Wildman–Crippen LogP) is 3.43. The average Bonchev–Trinajstić information content (AvgIpc) is 3.06. The van der Waals surface area contributed by atoms with Gasteiger partial charge in [0.25, 0.3) is 0 Å². The monoisotopic (exact) mass is 359 g/mol. The molecule has 0 bridgehead atoms. The van der Waals surface area contributed by atoms with Gasteiger partial charge in [0.05, 0.1) is 17.0 Å². The highest BCUT2D eigenvalue weighted by atomic mass is 35.5. The molecule has 5 nitrogen and oxygen atoms in total. The summed E-state index contributed by atoms with van der Waals surface area (Å²) in [4.78, 5) is 11.9. The lowest BCUT2D eigenvalue weighted by molar-refractivity contribution is -0.120. The minimum atomic E-state index is -0.324. The van der Waals surface area contributed by atoms with Crippen LogP contribution in [0.1, 0.15) is 11.5 Å². The maximum Gasteiger partial charge on any atom is 0.249 e. The third kappa shape index (κ3) is 4.64. The van der Waals surface area contributed by atoms with E-state index in [-0.39, 0.29) is 18.1 Å². The minimum absolute atomic E-state index is 0.155. The van der Waals surface area contributed by atoms with Crippen LogP contribution in [-0.4, -0.2) is 22.6 Å². The van der Waals surface area contributed by atoms with Crippen molar-refractivity contribution in [3.8, 4) is 11.5 Å². The number of carbonyl (C=O) groups excluding carboxylic acids is 1. The Balaban J connectivity index is 1.50. The number of amides is 1. The molecule has 2 aromatic carbocycles. The summed E-state index contributed by atoms with van der Waals surface area (Å²) in [6, 6.07) is 13.0. The van der Waals surface area contributed by atoms with Gasteiger partial charge >= 0.3 is 0 Å². The van der Waals surface area contributed by atoms with E-state index in [9.17, 15) is 9.18 Å². The van der Waals surface area contributed by atoms with Gasteiger partial charge in [-0.05, 0) is 29.8 Å². The molecule has 0 fully saturated rings. The van der Waals surface area contributed by atoms with Gasteiger partial charge < -0.3 is 9.73 Å². The zero-order chi connectivity index (χ0) is 17.6. The van der Waals surface area contributed by atoms with Gasteiger partial charge in [0, 0.05) is 13.0 Å². The first-order chi connectivity index (χ1) is 12.1. The smallest absolute Gasteiger partial charge is 0.249 e. The summed E-state index contributed by atoms with van der Waals surface area (Å²) in [6.45, 7) is 0.365. The standard InChI is InChI=1S/C18H15ClFN3O2/c19-15-4-2-1-3-14(15)18-23-22-17(25-18)9-10-21-16(24)11-12-5-7-13(20)8-6-12/h1-8H,9-11H2,(H,21,24). The van der Waals surface area contributed by atoms with Crippen LogP contribution in [0.3, 0.4) is 0 Å². The van der Waals surface area contributed by atoms with Crippen LogP contribution in [0, 0.1) is 5.82 Å². The molecule has 3 rings (SSSR count). The van der Waals surface area contributed by atoms with Crippen LogP contribution >= 0.6 is 11.6 Å². The van der Waals surface area contributed by atoms with Gasteiger partial charge in [0.2, 0.25) is 17.7 Å². The van der Waals surface area contributed by atoms with Crippen molar-refractivity contribution in [2.24, 2.45) is 0 Å². The van der Waals surface area contributed by atoms with Gasteiger partial charge in [0.1, 0.15) is 5.82 Å². The normalized spacial score (nSPS) is 10.6. The lowest BCUT2D eigenvalue weighted by Gasteiger charge is -2.03. The van der Waals surface area contributed by atoms with Gasteiger partial charge in [-0.1, -0.05) is 35.9 Å². The minimum Gasteiger partial charge on any atom is -0.421 e. The summed E-state index contributed by atoms with van der Waals surface area (Å²) >= 11 is 6.09. The van der Waals surface area contributed by atoms with E-state index in [0.717, 1.165) is 5.56 Å². The van der Waals surface area contributed by atoms with E-state index in [1.165, 1.54) is 12.1 Å². The molecule has 0 spiro atoms. The van der Waals surface area contributed by atoms with E-state index in [0.29, 0.717) is 35.3 Å². The number of aromatic nitrogens is 2. The maximum absolute atomic E-state index is 12.8. The number of halogens is 2. The molecule has 0 saturated heterocycles. The van der Waals surface area contributed by atoms with Crippen molar-refractivity contribution >= 4 is 17.5 Å². The molecule has 0 aliphatic rings. The Hall–Kier alpha value is -2.73. The molecular formula is C18H15ClFN3O2. The molecule has 0 saturated carbocycles. The Labute approximate surface area is 148 Å². The Bertz CT molecular complexity index is 865. The van der Waals surface area contributed by atoms with Gasteiger partial charge in [-0.25, -0.2) is 4.39 Å². The van der Waals surface area contributed by atoms with E-state index in [1.54, 1.807) is 24.3 Å². The number of hydrogen-bond acceptors (Lipinski definition) is 4. The molecule has 1 aromatic heterocycles. The Morgan fingerprint density at radius 2 is 1.88 bits per heavy atom. The number of nitrogens with one attached hydrogen (secondary N) is 1. The molecule has 7 heteroatoms. The van der Waals surface area contributed by atoms with Crippen LogP contribution < -0.4 is 5.32 Å². The SMILES string of the molecule is O=C(Cc1ccc(F)cc1)NCCc1nnc(-c2ccccc2Cl)o1. The third-order valence-corrected chi connectivity index (χ3v) is 3.84. The fraction of sp³-hybridized carbons (Fsp3) is 0.167. The molecule has 1 heterocycles. The average molecular weight is 360 g/mol. The van der Waals surface area contributed by atoms with E-state index in [1.807, 2.05) is 12.1 Å². The van der Waals surface area contributed by atoms with Crippen molar-refractivity contribution in [3.63, 3.8) is 0 Å². The topological polar surface area (TPSA) is 68.0 Å². The van der Waals surface area contributed by atoms with Crippen molar-refractivity contribution in [2.75, 3.05) is 6.54 Å². The second-order valence-electron chi connectivity index (χ2n) is 5.38. The van der Waals surface area contributed by atoms with Crippen LogP contribution in [0.5, 0.6) is 0 Å². The summed E-state index contributed by atoms with van der Waals surface area (Å²) in [6.07, 6.45) is 0.599. The summed E-state index contributed by atoms with van der Waals surface area (Å²) < 4.78 is 18.4. The Morgan fingerprint density at radius 3 is 2.64 bits per heavy atom. The lowest BCUT2D eigenvalue weighted by atomic mass is 10.1. The van der Waals surface area contributed by atoms with Crippen molar-refractivity contribution in [2.45, 2.75) is 12.8 Å². The fourth-order valence-electron chi connectivity index (χ4n) is 2.26. The number of hydrogen-bond donors (Lipinski definition) is 1. The zero-order valence-electron chi connectivity index (χ0n) is 13.2. The second-order valence-corrected chi connectivity index (χ2v) is 5.79. The maximum atomic E-state index is 12.8. The van der Waals surface area contributed by atoms with E-state index in [2.05, 4.69) is 15.5 Å². The molecular weight excluding hydrogens is 345 g/mol. The van der Waals surface area contributed by atoms with Crippen molar-refractivity contribution in [1.29, 1.82) is 0 Å². The van der Waals surface area contributed by atoms with Crippen molar-refractivity contribution in [1.82, 2.24) is 15.5 Å². The molecule has 1 N–H and O–H groups in total. The molecule has 128 valence electrons. The first-order valence-corrected chi connectivity index (χ1v) is 8.08. The highest BCUT2D eigenvalue weighted by Gasteiger charge is 2.11. The summed E-state index contributed by atoms with van der Waals surface area (Å²) in [5.41, 5.74) is 1.42. The molecule has 0 unspecified atom stereocenters.